The Labute approximate surface area is 110 Å². The number of aromatic nitrogens is 2. The van der Waals surface area contributed by atoms with E-state index in [1.54, 1.807) is 0 Å². The van der Waals surface area contributed by atoms with Gasteiger partial charge >= 0.3 is 0 Å². The molecule has 0 atom stereocenters. The van der Waals surface area contributed by atoms with E-state index in [1.807, 2.05) is 25.7 Å². The van der Waals surface area contributed by atoms with Crippen molar-refractivity contribution < 1.29 is 0 Å². The van der Waals surface area contributed by atoms with E-state index in [0.717, 1.165) is 27.6 Å². The number of anilines is 1. The number of hydrogen-bond acceptors (Lipinski definition) is 4. The summed E-state index contributed by atoms with van der Waals surface area (Å²) in [6.45, 7) is 8.57. The molecule has 1 rings (SSSR count). The fourth-order valence-corrected chi connectivity index (χ4v) is 2.20. The number of halogens is 1. The van der Waals surface area contributed by atoms with Gasteiger partial charge in [-0.3, -0.25) is 0 Å². The molecule has 0 saturated carbocycles. The summed E-state index contributed by atoms with van der Waals surface area (Å²) < 4.78 is 1.18. The van der Waals surface area contributed by atoms with E-state index in [4.69, 9.17) is 0 Å². The number of thioether (sulfide) groups is 1. The second-order valence-corrected chi connectivity index (χ2v) is 7.13. The molecule has 1 aromatic heterocycles. The number of nitrogens with zero attached hydrogens (tertiary/aromatic N) is 2. The van der Waals surface area contributed by atoms with Gasteiger partial charge in [0.1, 0.15) is 11.6 Å². The van der Waals surface area contributed by atoms with Crippen LogP contribution in [0.2, 0.25) is 0 Å². The molecule has 0 bridgehead atoms. The molecule has 3 nitrogen and oxygen atoms in total. The first-order chi connectivity index (χ1) is 7.33. The van der Waals surface area contributed by atoms with Crippen LogP contribution in [0.3, 0.4) is 0 Å². The van der Waals surface area contributed by atoms with Gasteiger partial charge in [-0.2, -0.15) is 0 Å². The number of rotatable bonds is 3. The standard InChI is InChI=1S/C11H18BrN3S/c1-7-9(12)10(13-5)15-8(14-7)6-16-11(2,3)4/h6H2,1-5H3,(H,13,14,15). The lowest BCUT2D eigenvalue weighted by atomic mass is 10.3. The van der Waals surface area contributed by atoms with Crippen LogP contribution in [-0.2, 0) is 5.75 Å². The molecule has 0 unspecified atom stereocenters. The van der Waals surface area contributed by atoms with E-state index in [2.05, 4.69) is 52.0 Å². The molecule has 0 fully saturated rings. The minimum atomic E-state index is 0.240. The van der Waals surface area contributed by atoms with E-state index in [9.17, 15) is 0 Å². The summed E-state index contributed by atoms with van der Waals surface area (Å²) in [7, 11) is 1.87. The maximum absolute atomic E-state index is 4.47. The lowest BCUT2D eigenvalue weighted by Crippen LogP contribution is -2.10. The summed E-state index contributed by atoms with van der Waals surface area (Å²) in [5.74, 6) is 2.58. The molecule has 5 heteroatoms. The van der Waals surface area contributed by atoms with Gasteiger partial charge in [-0.1, -0.05) is 20.8 Å². The van der Waals surface area contributed by atoms with E-state index in [0.29, 0.717) is 0 Å². The Kier molecular flexibility index (Phi) is 4.62. The van der Waals surface area contributed by atoms with Crippen LogP contribution in [0.4, 0.5) is 5.82 Å². The van der Waals surface area contributed by atoms with E-state index >= 15 is 0 Å². The molecular formula is C11H18BrN3S. The average molecular weight is 304 g/mol. The number of aryl methyl sites for hydroxylation is 1. The molecule has 1 N–H and O–H groups in total. The molecule has 0 aromatic carbocycles. The summed E-state index contributed by atoms with van der Waals surface area (Å²) >= 11 is 5.32. The van der Waals surface area contributed by atoms with Crippen molar-refractivity contribution in [3.63, 3.8) is 0 Å². The summed E-state index contributed by atoms with van der Waals surface area (Å²) in [4.78, 5) is 8.93. The predicted octanol–water partition coefficient (Wildman–Crippen LogP) is 3.62. The first kappa shape index (κ1) is 13.8. The summed E-state index contributed by atoms with van der Waals surface area (Å²) in [5.41, 5.74) is 0.976. The maximum Gasteiger partial charge on any atom is 0.144 e. The van der Waals surface area contributed by atoms with E-state index < -0.39 is 0 Å². The average Bonchev–Trinajstić information content (AvgIpc) is 2.18. The van der Waals surface area contributed by atoms with Crippen LogP contribution in [0.5, 0.6) is 0 Å². The molecule has 0 aliphatic heterocycles. The van der Waals surface area contributed by atoms with Gasteiger partial charge in [0.15, 0.2) is 0 Å². The minimum Gasteiger partial charge on any atom is -0.372 e. The second-order valence-electron chi connectivity index (χ2n) is 4.54. The SMILES string of the molecule is CNc1nc(CSC(C)(C)C)nc(C)c1Br. The summed E-state index contributed by atoms with van der Waals surface area (Å²) in [6, 6.07) is 0. The third-order valence-corrected chi connectivity index (χ3v) is 4.15. The van der Waals surface area contributed by atoms with Crippen LogP contribution in [-0.4, -0.2) is 21.8 Å². The number of hydrogen-bond donors (Lipinski definition) is 1. The van der Waals surface area contributed by atoms with Crippen LogP contribution in [0.15, 0.2) is 4.47 Å². The van der Waals surface area contributed by atoms with E-state index in [-0.39, 0.29) is 4.75 Å². The van der Waals surface area contributed by atoms with Gasteiger partial charge in [0.25, 0.3) is 0 Å². The Hall–Kier alpha value is -0.290. The van der Waals surface area contributed by atoms with Crippen LogP contribution in [0, 0.1) is 6.92 Å². The van der Waals surface area contributed by atoms with Gasteiger partial charge in [0.05, 0.1) is 15.9 Å². The fraction of sp³-hybridized carbons (Fsp3) is 0.636. The molecule has 1 aromatic rings. The molecule has 1 heterocycles. The first-order valence-corrected chi connectivity index (χ1v) is 6.96. The van der Waals surface area contributed by atoms with Crippen molar-refractivity contribution in [1.82, 2.24) is 9.97 Å². The normalized spacial score (nSPS) is 11.6. The van der Waals surface area contributed by atoms with Crippen molar-refractivity contribution in [1.29, 1.82) is 0 Å². The monoisotopic (exact) mass is 303 g/mol. The van der Waals surface area contributed by atoms with E-state index in [1.165, 1.54) is 0 Å². The predicted molar refractivity (Wildman–Crippen MR) is 75.1 cm³/mol. The van der Waals surface area contributed by atoms with Crippen molar-refractivity contribution >= 4 is 33.5 Å². The lowest BCUT2D eigenvalue weighted by molar-refractivity contribution is 0.799. The van der Waals surface area contributed by atoms with Crippen molar-refractivity contribution in [2.24, 2.45) is 0 Å². The summed E-state index contributed by atoms with van der Waals surface area (Å²) in [5, 5.41) is 3.07. The molecule has 90 valence electrons. The molecule has 0 aliphatic carbocycles. The maximum atomic E-state index is 4.47. The molecule has 0 amide bonds. The zero-order valence-corrected chi connectivity index (χ0v) is 12.8. The van der Waals surface area contributed by atoms with Crippen molar-refractivity contribution in [2.45, 2.75) is 38.2 Å². The van der Waals surface area contributed by atoms with Crippen LogP contribution < -0.4 is 5.32 Å². The van der Waals surface area contributed by atoms with Crippen molar-refractivity contribution in [3.05, 3.63) is 16.0 Å². The minimum absolute atomic E-state index is 0.240. The zero-order valence-electron chi connectivity index (χ0n) is 10.4. The van der Waals surface area contributed by atoms with Crippen LogP contribution >= 0.6 is 27.7 Å². The third-order valence-electron chi connectivity index (χ3n) is 1.93. The van der Waals surface area contributed by atoms with Gasteiger partial charge in [0.2, 0.25) is 0 Å². The fourth-order valence-electron chi connectivity index (χ4n) is 1.13. The van der Waals surface area contributed by atoms with Gasteiger partial charge < -0.3 is 5.32 Å². The van der Waals surface area contributed by atoms with Gasteiger partial charge in [0, 0.05) is 11.8 Å². The zero-order chi connectivity index (χ0) is 12.3. The molecule has 0 radical (unpaired) electrons. The Morgan fingerprint density at radius 3 is 2.44 bits per heavy atom. The highest BCUT2D eigenvalue weighted by Gasteiger charge is 2.13. The smallest absolute Gasteiger partial charge is 0.144 e. The van der Waals surface area contributed by atoms with Gasteiger partial charge in [-0.25, -0.2) is 9.97 Å². The number of nitrogens with one attached hydrogen (secondary N) is 1. The lowest BCUT2D eigenvalue weighted by Gasteiger charge is -2.17. The van der Waals surface area contributed by atoms with Crippen LogP contribution in [0.25, 0.3) is 0 Å². The molecule has 0 saturated heterocycles. The van der Waals surface area contributed by atoms with Gasteiger partial charge in [-0.15, -0.1) is 11.8 Å². The Bertz CT molecular complexity index is 374. The Morgan fingerprint density at radius 1 is 1.31 bits per heavy atom. The van der Waals surface area contributed by atoms with Crippen molar-refractivity contribution in [2.75, 3.05) is 12.4 Å². The highest BCUT2D eigenvalue weighted by Crippen LogP contribution is 2.28. The highest BCUT2D eigenvalue weighted by molar-refractivity contribution is 9.10. The largest absolute Gasteiger partial charge is 0.372 e. The summed E-state index contributed by atoms with van der Waals surface area (Å²) in [6.07, 6.45) is 0. The second kappa shape index (κ2) is 5.36. The van der Waals surface area contributed by atoms with Gasteiger partial charge in [-0.05, 0) is 22.9 Å². The van der Waals surface area contributed by atoms with Crippen molar-refractivity contribution in [3.8, 4) is 0 Å². The quantitative estimate of drug-likeness (QED) is 0.925. The highest BCUT2D eigenvalue weighted by atomic mass is 79.9. The molecular weight excluding hydrogens is 286 g/mol. The topological polar surface area (TPSA) is 37.8 Å². The third kappa shape index (κ3) is 3.94. The Balaban J connectivity index is 2.86. The Morgan fingerprint density at radius 2 is 1.94 bits per heavy atom. The first-order valence-electron chi connectivity index (χ1n) is 5.18. The molecule has 0 aliphatic rings. The molecule has 16 heavy (non-hydrogen) atoms. The molecule has 0 spiro atoms. The van der Waals surface area contributed by atoms with Crippen LogP contribution in [0.1, 0.15) is 32.3 Å².